The van der Waals surface area contributed by atoms with Crippen molar-refractivity contribution < 1.29 is 0 Å². The topological polar surface area (TPSA) is 28.1 Å². The van der Waals surface area contributed by atoms with Crippen LogP contribution in [0.15, 0.2) is 48.5 Å². The van der Waals surface area contributed by atoms with Crippen LogP contribution in [0.5, 0.6) is 0 Å². The lowest BCUT2D eigenvalue weighted by atomic mass is 9.98. The van der Waals surface area contributed by atoms with E-state index in [1.807, 2.05) is 62.4 Å². The molecule has 84 valence electrons. The Bertz CT molecular complexity index is 487. The Hall–Kier alpha value is -2.14. The van der Waals surface area contributed by atoms with Crippen LogP contribution >= 0.6 is 0 Å². The van der Waals surface area contributed by atoms with Crippen molar-refractivity contribution in [1.82, 2.24) is 0 Å². The average Bonchev–Trinajstić information content (AvgIpc) is 2.35. The van der Waals surface area contributed by atoms with Gasteiger partial charge in [-0.05, 0) is 13.8 Å². The fraction of sp³-hybridized carbons (Fsp3) is 0.200. The number of nitrogens with zero attached hydrogens (tertiary/aromatic N) is 2. The van der Waals surface area contributed by atoms with E-state index in [0.717, 1.165) is 11.1 Å². The van der Waals surface area contributed by atoms with E-state index in [2.05, 4.69) is 4.98 Å². The summed E-state index contributed by atoms with van der Waals surface area (Å²) in [6.07, 6.45) is 0. The minimum atomic E-state index is -0.295. The van der Waals surface area contributed by atoms with Crippen LogP contribution in [0, 0.1) is 19.2 Å². The third kappa shape index (κ3) is 2.51. The van der Waals surface area contributed by atoms with E-state index in [0.29, 0.717) is 0 Å². The molecule has 2 heteroatoms. The molecule has 2 nitrogen and oxygen atoms in total. The first-order valence-corrected chi connectivity index (χ1v) is 5.68. The zero-order valence-electron chi connectivity index (χ0n) is 10.1. The average molecular weight is 223 g/mol. The van der Waals surface area contributed by atoms with Gasteiger partial charge < -0.3 is 0 Å². The minimum Gasteiger partial charge on any atom is -0.0587 e. The molecule has 0 aliphatic carbocycles. The smallest absolute Gasteiger partial charge is 0.0587 e. The second-order valence-corrected chi connectivity index (χ2v) is 4.34. The molecular formula is C15H15N2+. The first-order chi connectivity index (χ1) is 8.20. The molecule has 0 saturated carbocycles. The van der Waals surface area contributed by atoms with Crippen LogP contribution in [0.1, 0.15) is 28.3 Å². The molecule has 17 heavy (non-hydrogen) atoms. The van der Waals surface area contributed by atoms with Crippen LogP contribution < -0.4 is 0 Å². The molecule has 2 rings (SSSR count). The SMILES string of the molecule is Cc1ccc(C([N+]#N)c2ccc(C)cc2)cc1. The van der Waals surface area contributed by atoms with Gasteiger partial charge in [-0.25, -0.2) is 0 Å². The molecule has 0 bridgehead atoms. The van der Waals surface area contributed by atoms with Crippen LogP contribution in [-0.2, 0) is 0 Å². The van der Waals surface area contributed by atoms with Crippen molar-refractivity contribution in [2.45, 2.75) is 19.9 Å². The Kier molecular flexibility index (Phi) is 3.20. The second kappa shape index (κ2) is 4.80. The van der Waals surface area contributed by atoms with Crippen molar-refractivity contribution in [3.8, 4) is 0 Å². The molecule has 0 N–H and O–H groups in total. The maximum absolute atomic E-state index is 9.20. The molecule has 2 aromatic carbocycles. The summed E-state index contributed by atoms with van der Waals surface area (Å²) in [5.41, 5.74) is 4.41. The van der Waals surface area contributed by atoms with Crippen LogP contribution in [0.25, 0.3) is 4.98 Å². The van der Waals surface area contributed by atoms with Gasteiger partial charge in [0, 0.05) is 11.1 Å². The van der Waals surface area contributed by atoms with Gasteiger partial charge in [0.05, 0.1) is 0 Å². The molecule has 0 spiro atoms. The predicted octanol–water partition coefficient (Wildman–Crippen LogP) is 4.25. The van der Waals surface area contributed by atoms with E-state index < -0.39 is 0 Å². The summed E-state index contributed by atoms with van der Waals surface area (Å²) < 4.78 is 0. The van der Waals surface area contributed by atoms with Crippen molar-refractivity contribution in [3.05, 3.63) is 75.8 Å². The Balaban J connectivity index is 2.37. The summed E-state index contributed by atoms with van der Waals surface area (Å²) in [5, 5.41) is 9.20. The quantitative estimate of drug-likeness (QED) is 0.699. The van der Waals surface area contributed by atoms with Gasteiger partial charge in [0.15, 0.2) is 0 Å². The second-order valence-electron chi connectivity index (χ2n) is 4.34. The molecular weight excluding hydrogens is 208 g/mol. The van der Waals surface area contributed by atoms with Gasteiger partial charge in [-0.15, -0.1) is 0 Å². The maximum Gasteiger partial charge on any atom is 0.364 e. The minimum absolute atomic E-state index is 0.295. The largest absolute Gasteiger partial charge is 0.364 e. The molecule has 0 aromatic heterocycles. The number of aryl methyl sites for hydroxylation is 2. The molecule has 0 unspecified atom stereocenters. The highest BCUT2D eigenvalue weighted by Crippen LogP contribution is 2.26. The molecule has 0 amide bonds. The zero-order valence-corrected chi connectivity index (χ0v) is 10.1. The summed E-state index contributed by atoms with van der Waals surface area (Å²) >= 11 is 0. The number of rotatable bonds is 2. The number of hydrogen-bond donors (Lipinski definition) is 0. The zero-order chi connectivity index (χ0) is 12.3. The number of hydrogen-bond acceptors (Lipinski definition) is 1. The molecule has 0 aliphatic rings. The van der Waals surface area contributed by atoms with Crippen LogP contribution in [-0.4, -0.2) is 0 Å². The van der Waals surface area contributed by atoms with E-state index in [4.69, 9.17) is 0 Å². The van der Waals surface area contributed by atoms with Crippen molar-refractivity contribution >= 4 is 0 Å². The number of benzene rings is 2. The molecule has 0 atom stereocenters. The van der Waals surface area contributed by atoms with Crippen molar-refractivity contribution in [2.24, 2.45) is 0 Å². The normalized spacial score (nSPS) is 10.2. The Morgan fingerprint density at radius 2 is 1.12 bits per heavy atom. The van der Waals surface area contributed by atoms with E-state index in [1.54, 1.807) is 0 Å². The first-order valence-electron chi connectivity index (χ1n) is 5.68. The van der Waals surface area contributed by atoms with Crippen LogP contribution in [0.2, 0.25) is 0 Å². The van der Waals surface area contributed by atoms with Gasteiger partial charge in [-0.1, -0.05) is 59.7 Å². The summed E-state index contributed by atoms with van der Waals surface area (Å²) in [7, 11) is 0. The lowest BCUT2D eigenvalue weighted by molar-refractivity contribution is 0.983. The Morgan fingerprint density at radius 1 is 0.765 bits per heavy atom. The van der Waals surface area contributed by atoms with E-state index in [1.165, 1.54) is 11.1 Å². The van der Waals surface area contributed by atoms with Gasteiger partial charge in [0.2, 0.25) is 5.39 Å². The lowest BCUT2D eigenvalue weighted by Crippen LogP contribution is -1.95. The van der Waals surface area contributed by atoms with E-state index in [-0.39, 0.29) is 6.04 Å². The maximum atomic E-state index is 9.20. The fourth-order valence-corrected chi connectivity index (χ4v) is 1.82. The third-order valence-electron chi connectivity index (χ3n) is 2.90. The van der Waals surface area contributed by atoms with Crippen molar-refractivity contribution in [2.75, 3.05) is 0 Å². The Labute approximate surface area is 102 Å². The molecule has 0 fully saturated rings. The predicted molar refractivity (Wildman–Crippen MR) is 69.3 cm³/mol. The van der Waals surface area contributed by atoms with Gasteiger partial charge >= 0.3 is 6.04 Å². The highest BCUT2D eigenvalue weighted by molar-refractivity contribution is 5.36. The first kappa shape index (κ1) is 11.3. The van der Waals surface area contributed by atoms with Gasteiger partial charge in [0.25, 0.3) is 0 Å². The summed E-state index contributed by atoms with van der Waals surface area (Å²) in [6.45, 7) is 4.08. The van der Waals surface area contributed by atoms with Crippen molar-refractivity contribution in [1.29, 1.82) is 5.39 Å². The van der Waals surface area contributed by atoms with Gasteiger partial charge in [-0.3, -0.25) is 0 Å². The van der Waals surface area contributed by atoms with Crippen LogP contribution in [0.3, 0.4) is 0 Å². The van der Waals surface area contributed by atoms with E-state index >= 15 is 0 Å². The van der Waals surface area contributed by atoms with Gasteiger partial charge in [0.1, 0.15) is 4.98 Å². The molecule has 2 aromatic rings. The molecule has 0 saturated heterocycles. The summed E-state index contributed by atoms with van der Waals surface area (Å²) in [4.78, 5) is 3.49. The standard InChI is InChI=1S/C15H15N2/c1-11-3-7-13(8-4-11)15(17-16)14-9-5-12(2)6-10-14/h3-10,15H,1-2H3/q+1. The van der Waals surface area contributed by atoms with Gasteiger partial charge in [-0.2, -0.15) is 0 Å². The van der Waals surface area contributed by atoms with Crippen molar-refractivity contribution in [3.63, 3.8) is 0 Å². The lowest BCUT2D eigenvalue weighted by Gasteiger charge is -2.02. The fourth-order valence-electron chi connectivity index (χ4n) is 1.82. The molecule has 0 aliphatic heterocycles. The highest BCUT2D eigenvalue weighted by atomic mass is 14.9. The number of diazo groups is 1. The molecule has 0 radical (unpaired) electrons. The Morgan fingerprint density at radius 3 is 1.41 bits per heavy atom. The third-order valence-corrected chi connectivity index (χ3v) is 2.90. The van der Waals surface area contributed by atoms with Crippen LogP contribution in [0.4, 0.5) is 0 Å². The van der Waals surface area contributed by atoms with E-state index in [9.17, 15) is 5.39 Å². The molecule has 0 heterocycles. The summed E-state index contributed by atoms with van der Waals surface area (Å²) in [6, 6.07) is 15.8. The summed E-state index contributed by atoms with van der Waals surface area (Å²) in [5.74, 6) is 0. The highest BCUT2D eigenvalue weighted by Gasteiger charge is 2.24. The monoisotopic (exact) mass is 223 g/mol.